The molecule has 0 aliphatic heterocycles. The van der Waals surface area contributed by atoms with Crippen LogP contribution >= 0.6 is 0 Å². The lowest BCUT2D eigenvalue weighted by Crippen LogP contribution is -2.42. The first-order valence-electron chi connectivity index (χ1n) is 6.89. The minimum absolute atomic E-state index is 0.106. The number of carbonyl (C=O) groups is 2. The topological polar surface area (TPSA) is 101 Å². The van der Waals surface area contributed by atoms with E-state index < -0.39 is 5.97 Å². The lowest BCUT2D eigenvalue weighted by atomic mass is 9.86. The number of pyridine rings is 1. The number of aliphatic carboxylic acids is 1. The fourth-order valence-corrected chi connectivity index (χ4v) is 2.47. The summed E-state index contributed by atoms with van der Waals surface area (Å²) in [4.78, 5) is 26.9. The fraction of sp³-hybridized carbons (Fsp3) is 0.500. The highest BCUT2D eigenvalue weighted by atomic mass is 16.5. The molecule has 1 fully saturated rings. The van der Waals surface area contributed by atoms with E-state index in [1.54, 1.807) is 12.1 Å². The Hall–Kier alpha value is -2.31. The number of anilines is 1. The zero-order chi connectivity index (χ0) is 15.2. The monoisotopic (exact) mass is 293 g/mol. The van der Waals surface area contributed by atoms with E-state index in [2.05, 4.69) is 15.6 Å². The summed E-state index contributed by atoms with van der Waals surface area (Å²) in [6.45, 7) is 0. The molecule has 7 heteroatoms. The van der Waals surface area contributed by atoms with E-state index >= 15 is 0 Å². The Labute approximate surface area is 122 Å². The van der Waals surface area contributed by atoms with Crippen molar-refractivity contribution in [2.45, 2.75) is 31.7 Å². The summed E-state index contributed by atoms with van der Waals surface area (Å²) in [5.74, 6) is -0.689. The van der Waals surface area contributed by atoms with Crippen LogP contribution in [0.4, 0.5) is 10.5 Å². The number of hydrogen-bond donors (Lipinski definition) is 3. The molecule has 7 nitrogen and oxygen atoms in total. The maximum atomic E-state index is 11.9. The third-order valence-corrected chi connectivity index (χ3v) is 3.56. The van der Waals surface area contributed by atoms with E-state index in [4.69, 9.17) is 9.84 Å². The first kappa shape index (κ1) is 15.1. The van der Waals surface area contributed by atoms with Gasteiger partial charge in [0.05, 0.1) is 24.9 Å². The smallest absolute Gasteiger partial charge is 0.319 e. The van der Waals surface area contributed by atoms with Gasteiger partial charge in [0.25, 0.3) is 0 Å². The van der Waals surface area contributed by atoms with Crippen molar-refractivity contribution >= 4 is 17.7 Å². The summed E-state index contributed by atoms with van der Waals surface area (Å²) < 4.78 is 4.93. The van der Waals surface area contributed by atoms with Crippen molar-refractivity contribution in [2.75, 3.05) is 12.4 Å². The van der Waals surface area contributed by atoms with Crippen LogP contribution in [0.15, 0.2) is 18.3 Å². The molecule has 114 valence electrons. The van der Waals surface area contributed by atoms with Crippen LogP contribution in [0.3, 0.4) is 0 Å². The van der Waals surface area contributed by atoms with Crippen molar-refractivity contribution < 1.29 is 19.4 Å². The van der Waals surface area contributed by atoms with Gasteiger partial charge in [-0.2, -0.15) is 0 Å². The number of amides is 2. The van der Waals surface area contributed by atoms with Crippen molar-refractivity contribution in [3.63, 3.8) is 0 Å². The fourth-order valence-electron chi connectivity index (χ4n) is 2.47. The number of carboxylic acid groups (broad SMARTS) is 1. The van der Waals surface area contributed by atoms with Crippen molar-refractivity contribution in [3.05, 3.63) is 18.3 Å². The molecule has 0 spiro atoms. The number of nitrogens with zero attached hydrogens (tertiary/aromatic N) is 1. The van der Waals surface area contributed by atoms with E-state index in [1.807, 2.05) is 0 Å². The molecule has 1 aliphatic rings. The molecule has 0 saturated heterocycles. The zero-order valence-electron chi connectivity index (χ0n) is 11.8. The average molecular weight is 293 g/mol. The van der Waals surface area contributed by atoms with Gasteiger partial charge in [0.2, 0.25) is 5.88 Å². The Bertz CT molecular complexity index is 503. The molecule has 0 radical (unpaired) electrons. The molecular formula is C14H19N3O4. The van der Waals surface area contributed by atoms with Crippen molar-refractivity contribution in [1.82, 2.24) is 10.3 Å². The highest BCUT2D eigenvalue weighted by Gasteiger charge is 2.27. The molecule has 3 N–H and O–H groups in total. The van der Waals surface area contributed by atoms with E-state index in [9.17, 15) is 9.59 Å². The second-order valence-corrected chi connectivity index (χ2v) is 5.09. The van der Waals surface area contributed by atoms with Gasteiger partial charge in [0, 0.05) is 12.1 Å². The molecule has 2 rings (SSSR count). The minimum Gasteiger partial charge on any atom is -0.481 e. The molecule has 1 aliphatic carbocycles. The Kier molecular flexibility index (Phi) is 4.97. The Morgan fingerprint density at radius 1 is 1.38 bits per heavy atom. The maximum absolute atomic E-state index is 11.9. The van der Waals surface area contributed by atoms with Gasteiger partial charge in [0.15, 0.2) is 0 Å². The SMILES string of the molecule is COc1ccc(NC(=O)NC2CCCC(C(=O)O)C2)cn1. The predicted molar refractivity (Wildman–Crippen MR) is 76.3 cm³/mol. The van der Waals surface area contributed by atoms with Crippen molar-refractivity contribution in [1.29, 1.82) is 0 Å². The molecule has 1 aromatic heterocycles. The molecule has 1 aromatic rings. The largest absolute Gasteiger partial charge is 0.481 e. The maximum Gasteiger partial charge on any atom is 0.319 e. The predicted octanol–water partition coefficient (Wildman–Crippen LogP) is 1.86. The Balaban J connectivity index is 1.84. The number of ether oxygens (including phenoxy) is 1. The Morgan fingerprint density at radius 2 is 2.19 bits per heavy atom. The quantitative estimate of drug-likeness (QED) is 0.786. The molecule has 2 atom stereocenters. The first-order valence-corrected chi connectivity index (χ1v) is 6.89. The number of aromatic nitrogens is 1. The molecule has 1 heterocycles. The second kappa shape index (κ2) is 6.92. The van der Waals surface area contributed by atoms with Crippen LogP contribution in [0.2, 0.25) is 0 Å². The molecule has 21 heavy (non-hydrogen) atoms. The standard InChI is InChI=1S/C14H19N3O4/c1-21-12-6-5-11(8-15-12)17-14(20)16-10-4-2-3-9(7-10)13(18)19/h5-6,8-10H,2-4,7H2,1H3,(H,18,19)(H2,16,17,20). The van der Waals surface area contributed by atoms with E-state index in [0.29, 0.717) is 24.4 Å². The van der Waals surface area contributed by atoms with Crippen LogP contribution in [0.25, 0.3) is 0 Å². The van der Waals surface area contributed by atoms with Crippen LogP contribution < -0.4 is 15.4 Å². The van der Waals surface area contributed by atoms with Crippen molar-refractivity contribution in [3.8, 4) is 5.88 Å². The summed E-state index contributed by atoms with van der Waals surface area (Å²) in [6.07, 6.45) is 4.27. The van der Waals surface area contributed by atoms with Crippen LogP contribution in [-0.2, 0) is 4.79 Å². The molecule has 0 aromatic carbocycles. The lowest BCUT2D eigenvalue weighted by molar-refractivity contribution is -0.143. The van der Waals surface area contributed by atoms with Gasteiger partial charge in [-0.05, 0) is 25.3 Å². The summed E-state index contributed by atoms with van der Waals surface area (Å²) in [7, 11) is 1.52. The number of carboxylic acids is 1. The zero-order valence-corrected chi connectivity index (χ0v) is 11.8. The average Bonchev–Trinajstić information content (AvgIpc) is 2.48. The van der Waals surface area contributed by atoms with E-state index in [1.165, 1.54) is 13.3 Å². The van der Waals surface area contributed by atoms with Gasteiger partial charge in [0.1, 0.15) is 0 Å². The summed E-state index contributed by atoms with van der Waals surface area (Å²) >= 11 is 0. The molecule has 0 bridgehead atoms. The number of rotatable bonds is 4. The third-order valence-electron chi connectivity index (χ3n) is 3.56. The van der Waals surface area contributed by atoms with Crippen LogP contribution in [0, 0.1) is 5.92 Å². The summed E-state index contributed by atoms with van der Waals surface area (Å²) in [6, 6.07) is 2.88. The molecule has 2 unspecified atom stereocenters. The van der Waals surface area contributed by atoms with Gasteiger partial charge in [-0.25, -0.2) is 9.78 Å². The van der Waals surface area contributed by atoms with Crippen molar-refractivity contribution in [2.24, 2.45) is 5.92 Å². The number of carbonyl (C=O) groups excluding carboxylic acids is 1. The van der Waals surface area contributed by atoms with Gasteiger partial charge in [-0.3, -0.25) is 4.79 Å². The molecule has 2 amide bonds. The van der Waals surface area contributed by atoms with Crippen LogP contribution in [0.1, 0.15) is 25.7 Å². The number of nitrogens with one attached hydrogen (secondary N) is 2. The summed E-state index contributed by atoms with van der Waals surface area (Å²) in [5.41, 5.74) is 0.555. The first-order chi connectivity index (χ1) is 10.1. The Morgan fingerprint density at radius 3 is 2.81 bits per heavy atom. The number of urea groups is 1. The van der Waals surface area contributed by atoms with Crippen LogP contribution in [-0.4, -0.2) is 35.2 Å². The highest BCUT2D eigenvalue weighted by molar-refractivity contribution is 5.89. The molecular weight excluding hydrogens is 274 g/mol. The van der Waals surface area contributed by atoms with Crippen LogP contribution in [0.5, 0.6) is 5.88 Å². The van der Waals surface area contributed by atoms with Gasteiger partial charge in [-0.1, -0.05) is 6.42 Å². The lowest BCUT2D eigenvalue weighted by Gasteiger charge is -2.27. The third kappa shape index (κ3) is 4.34. The van der Waals surface area contributed by atoms with Gasteiger partial charge < -0.3 is 20.5 Å². The molecule has 1 saturated carbocycles. The normalized spacial score (nSPS) is 21.4. The van der Waals surface area contributed by atoms with E-state index in [-0.39, 0.29) is 18.0 Å². The second-order valence-electron chi connectivity index (χ2n) is 5.09. The minimum atomic E-state index is -0.790. The summed E-state index contributed by atoms with van der Waals surface area (Å²) in [5, 5.41) is 14.5. The van der Waals surface area contributed by atoms with Gasteiger partial charge >= 0.3 is 12.0 Å². The highest BCUT2D eigenvalue weighted by Crippen LogP contribution is 2.24. The number of hydrogen-bond acceptors (Lipinski definition) is 4. The van der Waals surface area contributed by atoms with E-state index in [0.717, 1.165) is 12.8 Å². The van der Waals surface area contributed by atoms with Gasteiger partial charge in [-0.15, -0.1) is 0 Å². The number of methoxy groups -OCH3 is 1.